The number of carbonyl (C=O) groups excluding carboxylic acids is 1. The third kappa shape index (κ3) is 4.05. The van der Waals surface area contributed by atoms with Crippen LogP contribution >= 0.6 is 11.8 Å². The Balaban J connectivity index is 1.49. The Kier molecular flexibility index (Phi) is 5.40. The second kappa shape index (κ2) is 8.13. The van der Waals surface area contributed by atoms with Gasteiger partial charge >= 0.3 is 0 Å². The van der Waals surface area contributed by atoms with Gasteiger partial charge in [-0.2, -0.15) is 0 Å². The van der Waals surface area contributed by atoms with E-state index in [1.807, 2.05) is 36.6 Å². The molecule has 148 valence electrons. The average Bonchev–Trinajstić information content (AvgIpc) is 3.43. The fourth-order valence-electron chi connectivity index (χ4n) is 3.38. The minimum Gasteiger partial charge on any atom is -0.467 e. The molecule has 29 heavy (non-hydrogen) atoms. The molecule has 0 saturated heterocycles. The van der Waals surface area contributed by atoms with E-state index < -0.39 is 0 Å². The van der Waals surface area contributed by atoms with E-state index in [0.29, 0.717) is 17.5 Å². The summed E-state index contributed by atoms with van der Waals surface area (Å²) in [4.78, 5) is 12.9. The summed E-state index contributed by atoms with van der Waals surface area (Å²) in [6, 6.07) is 14.0. The maximum atomic E-state index is 12.9. The van der Waals surface area contributed by atoms with Crippen LogP contribution in [0.4, 0.5) is 0 Å². The molecule has 0 saturated carbocycles. The minimum absolute atomic E-state index is 0.0778. The second-order valence-electron chi connectivity index (χ2n) is 6.99. The van der Waals surface area contributed by atoms with Crippen molar-refractivity contribution in [3.05, 3.63) is 83.3 Å². The first-order chi connectivity index (χ1) is 14.0. The monoisotopic (exact) mass is 406 g/mol. The van der Waals surface area contributed by atoms with Crippen LogP contribution in [-0.2, 0) is 6.54 Å². The van der Waals surface area contributed by atoms with Crippen molar-refractivity contribution in [3.8, 4) is 5.69 Å². The van der Waals surface area contributed by atoms with Gasteiger partial charge in [0.2, 0.25) is 0 Å². The number of aryl methyl sites for hydroxylation is 2. The van der Waals surface area contributed by atoms with Crippen LogP contribution in [0.15, 0.2) is 64.6 Å². The second-order valence-corrected chi connectivity index (χ2v) is 7.93. The van der Waals surface area contributed by atoms with Crippen LogP contribution in [0.2, 0.25) is 0 Å². The van der Waals surface area contributed by atoms with Crippen LogP contribution in [0, 0.1) is 20.8 Å². The van der Waals surface area contributed by atoms with Crippen molar-refractivity contribution in [1.29, 1.82) is 0 Å². The van der Waals surface area contributed by atoms with Crippen molar-refractivity contribution in [2.24, 2.45) is 0 Å². The van der Waals surface area contributed by atoms with E-state index in [9.17, 15) is 4.79 Å². The highest BCUT2D eigenvalue weighted by molar-refractivity contribution is 7.99. The molecule has 0 bridgehead atoms. The van der Waals surface area contributed by atoms with Gasteiger partial charge in [-0.1, -0.05) is 29.5 Å². The van der Waals surface area contributed by atoms with E-state index in [2.05, 4.69) is 46.0 Å². The molecule has 0 aliphatic carbocycles. The molecule has 0 amide bonds. The van der Waals surface area contributed by atoms with Gasteiger partial charge in [-0.15, -0.1) is 10.2 Å². The van der Waals surface area contributed by atoms with Crippen LogP contribution in [-0.4, -0.2) is 30.9 Å². The first-order valence-corrected chi connectivity index (χ1v) is 10.3. The van der Waals surface area contributed by atoms with E-state index in [0.717, 1.165) is 28.4 Å². The molecule has 0 aliphatic rings. The van der Waals surface area contributed by atoms with E-state index in [4.69, 9.17) is 4.42 Å². The number of hydrogen-bond acceptors (Lipinski definition) is 5. The summed E-state index contributed by atoms with van der Waals surface area (Å²) in [5.41, 5.74) is 5.01. The van der Waals surface area contributed by atoms with Gasteiger partial charge in [-0.3, -0.25) is 4.79 Å². The van der Waals surface area contributed by atoms with Crippen molar-refractivity contribution in [2.75, 3.05) is 5.75 Å². The molecular formula is C22H22N4O2S. The number of hydrogen-bond donors (Lipinski definition) is 0. The zero-order chi connectivity index (χ0) is 20.4. The van der Waals surface area contributed by atoms with Gasteiger partial charge in [0, 0.05) is 22.6 Å². The smallest absolute Gasteiger partial charge is 0.191 e. The van der Waals surface area contributed by atoms with Crippen molar-refractivity contribution in [2.45, 2.75) is 32.5 Å². The maximum Gasteiger partial charge on any atom is 0.191 e. The number of furan rings is 1. The molecule has 3 heterocycles. The van der Waals surface area contributed by atoms with Gasteiger partial charge in [-0.05, 0) is 51.1 Å². The standard InChI is InChI=1S/C22H22N4O2S/c1-15-6-8-18(9-7-15)26-16(2)11-20(17(26)3)21(27)13-29-22-24-23-14-25(22)12-19-5-4-10-28-19/h4-11,14H,12-13H2,1-3H3. The topological polar surface area (TPSA) is 65.8 Å². The van der Waals surface area contributed by atoms with Crippen molar-refractivity contribution in [1.82, 2.24) is 19.3 Å². The number of carbonyl (C=O) groups is 1. The molecular weight excluding hydrogens is 384 g/mol. The predicted molar refractivity (Wildman–Crippen MR) is 113 cm³/mol. The molecule has 0 fully saturated rings. The Morgan fingerprint density at radius 1 is 1.14 bits per heavy atom. The van der Waals surface area contributed by atoms with Crippen molar-refractivity contribution < 1.29 is 9.21 Å². The van der Waals surface area contributed by atoms with Gasteiger partial charge < -0.3 is 13.6 Å². The first-order valence-electron chi connectivity index (χ1n) is 9.35. The molecule has 4 aromatic rings. The Bertz CT molecular complexity index is 1120. The molecule has 0 aliphatic heterocycles. The summed E-state index contributed by atoms with van der Waals surface area (Å²) in [6.07, 6.45) is 3.29. The summed E-state index contributed by atoms with van der Waals surface area (Å²) >= 11 is 1.39. The molecule has 4 rings (SSSR count). The number of thioether (sulfide) groups is 1. The van der Waals surface area contributed by atoms with Crippen LogP contribution < -0.4 is 0 Å². The number of benzene rings is 1. The molecule has 1 aromatic carbocycles. The fraction of sp³-hybridized carbons (Fsp3) is 0.227. The number of aromatic nitrogens is 4. The van der Waals surface area contributed by atoms with E-state index in [-0.39, 0.29) is 5.78 Å². The lowest BCUT2D eigenvalue weighted by Crippen LogP contribution is -2.07. The van der Waals surface area contributed by atoms with Crippen LogP contribution in [0.25, 0.3) is 5.69 Å². The summed E-state index contributed by atoms with van der Waals surface area (Å²) < 4.78 is 9.39. The number of nitrogens with zero attached hydrogens (tertiary/aromatic N) is 4. The van der Waals surface area contributed by atoms with Crippen molar-refractivity contribution >= 4 is 17.5 Å². The van der Waals surface area contributed by atoms with Crippen molar-refractivity contribution in [3.63, 3.8) is 0 Å². The van der Waals surface area contributed by atoms with E-state index in [1.165, 1.54) is 17.3 Å². The Morgan fingerprint density at radius 2 is 1.93 bits per heavy atom. The average molecular weight is 407 g/mol. The zero-order valence-corrected chi connectivity index (χ0v) is 17.4. The van der Waals surface area contributed by atoms with E-state index in [1.54, 1.807) is 12.6 Å². The minimum atomic E-state index is 0.0778. The summed E-state index contributed by atoms with van der Waals surface area (Å²) in [5, 5.41) is 8.81. The summed E-state index contributed by atoms with van der Waals surface area (Å²) in [7, 11) is 0. The normalized spacial score (nSPS) is 11.1. The molecule has 0 radical (unpaired) electrons. The lowest BCUT2D eigenvalue weighted by atomic mass is 10.2. The molecule has 0 unspecified atom stereocenters. The molecule has 6 nitrogen and oxygen atoms in total. The van der Waals surface area contributed by atoms with Gasteiger partial charge in [0.05, 0.1) is 18.6 Å². The molecule has 0 N–H and O–H groups in total. The van der Waals surface area contributed by atoms with Crippen LogP contribution in [0.5, 0.6) is 0 Å². The highest BCUT2D eigenvalue weighted by atomic mass is 32.2. The lowest BCUT2D eigenvalue weighted by Gasteiger charge is -2.10. The number of ketones is 1. The summed E-state index contributed by atoms with van der Waals surface area (Å²) in [5.74, 6) is 1.20. The molecule has 3 aromatic heterocycles. The Morgan fingerprint density at radius 3 is 2.66 bits per heavy atom. The highest BCUT2D eigenvalue weighted by Gasteiger charge is 2.18. The maximum absolute atomic E-state index is 12.9. The molecule has 7 heteroatoms. The quantitative estimate of drug-likeness (QED) is 0.331. The highest BCUT2D eigenvalue weighted by Crippen LogP contribution is 2.24. The number of rotatable bonds is 7. The predicted octanol–water partition coefficient (Wildman–Crippen LogP) is 4.61. The van der Waals surface area contributed by atoms with Crippen LogP contribution in [0.1, 0.15) is 33.1 Å². The zero-order valence-electron chi connectivity index (χ0n) is 16.6. The van der Waals surface area contributed by atoms with E-state index >= 15 is 0 Å². The summed E-state index contributed by atoms with van der Waals surface area (Å²) in [6.45, 7) is 6.62. The Hall–Kier alpha value is -3.06. The number of Topliss-reactive ketones (excluding diaryl/α,β-unsaturated/α-hetero) is 1. The van der Waals surface area contributed by atoms with Gasteiger partial charge in [0.1, 0.15) is 12.1 Å². The van der Waals surface area contributed by atoms with Gasteiger partial charge in [0.15, 0.2) is 10.9 Å². The Labute approximate surface area is 173 Å². The third-order valence-electron chi connectivity index (χ3n) is 4.84. The SMILES string of the molecule is Cc1ccc(-n2c(C)cc(C(=O)CSc3nncn3Cc3ccco3)c2C)cc1. The van der Waals surface area contributed by atoms with Crippen LogP contribution in [0.3, 0.4) is 0 Å². The molecule has 0 atom stereocenters. The fourth-order valence-corrected chi connectivity index (χ4v) is 4.18. The molecule has 0 spiro atoms. The lowest BCUT2D eigenvalue weighted by molar-refractivity contribution is 0.102. The largest absolute Gasteiger partial charge is 0.467 e. The third-order valence-corrected chi connectivity index (χ3v) is 5.82. The van der Waals surface area contributed by atoms with Gasteiger partial charge in [0.25, 0.3) is 0 Å². The van der Waals surface area contributed by atoms with Gasteiger partial charge in [-0.25, -0.2) is 0 Å². The first kappa shape index (κ1) is 19.3.